The molecule has 0 saturated carbocycles. The first-order valence-corrected chi connectivity index (χ1v) is 6.13. The van der Waals surface area contributed by atoms with Crippen LogP contribution in [0.1, 0.15) is 19.3 Å². The van der Waals surface area contributed by atoms with Gasteiger partial charge in [-0.25, -0.2) is 4.39 Å². The normalized spacial score (nSPS) is 16.7. The summed E-state index contributed by atoms with van der Waals surface area (Å²) in [7, 11) is 1.87. The van der Waals surface area contributed by atoms with E-state index in [1.807, 2.05) is 13.1 Å². The van der Waals surface area contributed by atoms with Gasteiger partial charge in [0.2, 0.25) is 0 Å². The van der Waals surface area contributed by atoms with E-state index in [0.29, 0.717) is 0 Å². The molecule has 1 aliphatic heterocycles. The summed E-state index contributed by atoms with van der Waals surface area (Å²) in [6.45, 7) is 2.12. The first-order valence-electron chi connectivity index (χ1n) is 6.13. The van der Waals surface area contributed by atoms with Gasteiger partial charge in [-0.15, -0.1) is 0 Å². The van der Waals surface area contributed by atoms with E-state index in [0.717, 1.165) is 29.8 Å². The van der Waals surface area contributed by atoms with E-state index in [4.69, 9.17) is 0 Å². The van der Waals surface area contributed by atoms with E-state index in [9.17, 15) is 4.39 Å². The summed E-state index contributed by atoms with van der Waals surface area (Å²) in [4.78, 5) is 2.31. The first-order chi connectivity index (χ1) is 8.25. The smallest absolute Gasteiger partial charge is 0.158 e. The summed E-state index contributed by atoms with van der Waals surface area (Å²) < 4.78 is 15.0. The maximum atomic E-state index is 13.2. The molecule has 0 bridgehead atoms. The number of nitrogens with zero attached hydrogens (tertiary/aromatic N) is 3. The summed E-state index contributed by atoms with van der Waals surface area (Å²) in [6.07, 6.45) is 3.74. The fourth-order valence-electron chi connectivity index (χ4n) is 2.55. The molecule has 0 atom stereocenters. The van der Waals surface area contributed by atoms with Crippen molar-refractivity contribution in [3.05, 3.63) is 24.0 Å². The molecule has 0 unspecified atom stereocenters. The second-order valence-corrected chi connectivity index (χ2v) is 4.66. The number of hydrogen-bond donors (Lipinski definition) is 0. The summed E-state index contributed by atoms with van der Waals surface area (Å²) in [5, 5.41) is 5.58. The van der Waals surface area contributed by atoms with Gasteiger partial charge in [-0.2, -0.15) is 5.10 Å². The first kappa shape index (κ1) is 10.6. The maximum Gasteiger partial charge on any atom is 0.158 e. The Hall–Kier alpha value is -1.58. The van der Waals surface area contributed by atoms with Crippen LogP contribution in [0.2, 0.25) is 0 Å². The molecule has 0 N–H and O–H groups in total. The second kappa shape index (κ2) is 4.02. The monoisotopic (exact) mass is 233 g/mol. The van der Waals surface area contributed by atoms with Crippen molar-refractivity contribution >= 4 is 16.7 Å². The van der Waals surface area contributed by atoms with Crippen molar-refractivity contribution in [1.29, 1.82) is 0 Å². The molecule has 1 aliphatic rings. The van der Waals surface area contributed by atoms with Crippen LogP contribution in [-0.2, 0) is 7.05 Å². The predicted octanol–water partition coefficient (Wildman–Crippen LogP) is 2.70. The third-order valence-corrected chi connectivity index (χ3v) is 3.45. The number of piperidine rings is 1. The molecule has 1 aromatic heterocycles. The lowest BCUT2D eigenvalue weighted by Crippen LogP contribution is -2.29. The van der Waals surface area contributed by atoms with Crippen molar-refractivity contribution in [1.82, 2.24) is 9.78 Å². The average Bonchev–Trinajstić information content (AvgIpc) is 2.68. The number of halogens is 1. The molecule has 0 aliphatic carbocycles. The fourth-order valence-corrected chi connectivity index (χ4v) is 2.55. The van der Waals surface area contributed by atoms with Crippen LogP contribution < -0.4 is 4.90 Å². The van der Waals surface area contributed by atoms with Crippen molar-refractivity contribution in [3.8, 4) is 0 Å². The van der Waals surface area contributed by atoms with Gasteiger partial charge >= 0.3 is 0 Å². The topological polar surface area (TPSA) is 21.1 Å². The number of aromatic nitrogens is 2. The minimum atomic E-state index is -0.203. The van der Waals surface area contributed by atoms with Crippen LogP contribution in [0.25, 0.3) is 10.9 Å². The summed E-state index contributed by atoms with van der Waals surface area (Å²) >= 11 is 0. The lowest BCUT2D eigenvalue weighted by molar-refractivity contribution is 0.571. The van der Waals surface area contributed by atoms with E-state index >= 15 is 0 Å². The summed E-state index contributed by atoms with van der Waals surface area (Å²) in [5.41, 5.74) is 0.866. The molecule has 0 spiro atoms. The van der Waals surface area contributed by atoms with E-state index in [-0.39, 0.29) is 5.82 Å². The molecule has 0 radical (unpaired) electrons. The van der Waals surface area contributed by atoms with Gasteiger partial charge in [-0.3, -0.25) is 4.68 Å². The predicted molar refractivity (Wildman–Crippen MR) is 66.7 cm³/mol. The number of aryl methyl sites for hydroxylation is 1. The third-order valence-electron chi connectivity index (χ3n) is 3.45. The zero-order valence-electron chi connectivity index (χ0n) is 9.99. The van der Waals surface area contributed by atoms with Crippen LogP contribution in [-0.4, -0.2) is 22.9 Å². The molecule has 90 valence electrons. The van der Waals surface area contributed by atoms with Gasteiger partial charge < -0.3 is 4.90 Å². The van der Waals surface area contributed by atoms with Gasteiger partial charge in [0, 0.05) is 25.5 Å². The van der Waals surface area contributed by atoms with Crippen molar-refractivity contribution in [2.24, 2.45) is 7.05 Å². The standard InChI is InChI=1S/C13H16FN3/c1-16-12-9-10(14)5-6-11(12)13(15-16)17-7-3-2-4-8-17/h5-6,9H,2-4,7-8H2,1H3. The lowest BCUT2D eigenvalue weighted by atomic mass is 10.1. The maximum absolute atomic E-state index is 13.2. The number of rotatable bonds is 1. The number of benzene rings is 1. The largest absolute Gasteiger partial charge is 0.355 e. The molecule has 2 heterocycles. The van der Waals surface area contributed by atoms with Crippen molar-refractivity contribution in [2.45, 2.75) is 19.3 Å². The second-order valence-electron chi connectivity index (χ2n) is 4.66. The molecular formula is C13H16FN3. The number of hydrogen-bond acceptors (Lipinski definition) is 2. The number of fused-ring (bicyclic) bond motifs is 1. The van der Waals surface area contributed by atoms with Crippen LogP contribution >= 0.6 is 0 Å². The molecule has 1 aromatic carbocycles. The summed E-state index contributed by atoms with van der Waals surface area (Å²) in [5.74, 6) is 0.799. The van der Waals surface area contributed by atoms with Gasteiger partial charge in [0.15, 0.2) is 5.82 Å². The van der Waals surface area contributed by atoms with Gasteiger partial charge in [-0.1, -0.05) is 0 Å². The minimum Gasteiger partial charge on any atom is -0.355 e. The third kappa shape index (κ3) is 1.77. The Kier molecular flexibility index (Phi) is 2.50. The molecule has 1 saturated heterocycles. The van der Waals surface area contributed by atoms with Crippen LogP contribution in [0.5, 0.6) is 0 Å². The van der Waals surface area contributed by atoms with Gasteiger partial charge in [0.1, 0.15) is 5.82 Å². The Bertz CT molecular complexity index is 541. The SMILES string of the molecule is Cn1nc(N2CCCCC2)c2ccc(F)cc21. The highest BCUT2D eigenvalue weighted by molar-refractivity contribution is 5.90. The molecule has 2 aromatic rings. The van der Waals surface area contributed by atoms with Crippen molar-refractivity contribution in [2.75, 3.05) is 18.0 Å². The highest BCUT2D eigenvalue weighted by Gasteiger charge is 2.17. The van der Waals surface area contributed by atoms with E-state index < -0.39 is 0 Å². The Morgan fingerprint density at radius 3 is 2.71 bits per heavy atom. The van der Waals surface area contributed by atoms with Gasteiger partial charge in [-0.05, 0) is 37.5 Å². The molecule has 0 amide bonds. The van der Waals surface area contributed by atoms with E-state index in [1.54, 1.807) is 10.7 Å². The van der Waals surface area contributed by atoms with Gasteiger partial charge in [0.25, 0.3) is 0 Å². The Morgan fingerprint density at radius 2 is 1.94 bits per heavy atom. The lowest BCUT2D eigenvalue weighted by Gasteiger charge is -2.26. The molecule has 1 fully saturated rings. The van der Waals surface area contributed by atoms with Crippen LogP contribution in [0.3, 0.4) is 0 Å². The summed E-state index contributed by atoms with van der Waals surface area (Å²) in [6, 6.07) is 4.90. The molecule has 3 nitrogen and oxygen atoms in total. The zero-order valence-corrected chi connectivity index (χ0v) is 9.99. The van der Waals surface area contributed by atoms with Crippen LogP contribution in [0.15, 0.2) is 18.2 Å². The minimum absolute atomic E-state index is 0.203. The van der Waals surface area contributed by atoms with Gasteiger partial charge in [0.05, 0.1) is 5.52 Å². The quantitative estimate of drug-likeness (QED) is 0.755. The Morgan fingerprint density at radius 1 is 1.18 bits per heavy atom. The van der Waals surface area contributed by atoms with E-state index in [1.165, 1.54) is 25.3 Å². The number of anilines is 1. The van der Waals surface area contributed by atoms with Crippen LogP contribution in [0.4, 0.5) is 10.2 Å². The zero-order chi connectivity index (χ0) is 11.8. The van der Waals surface area contributed by atoms with Crippen molar-refractivity contribution < 1.29 is 4.39 Å². The Labute approximate surface area is 99.8 Å². The average molecular weight is 233 g/mol. The molecule has 17 heavy (non-hydrogen) atoms. The highest BCUT2D eigenvalue weighted by Crippen LogP contribution is 2.28. The molecule has 4 heteroatoms. The van der Waals surface area contributed by atoms with Crippen molar-refractivity contribution in [3.63, 3.8) is 0 Å². The highest BCUT2D eigenvalue weighted by atomic mass is 19.1. The van der Waals surface area contributed by atoms with E-state index in [2.05, 4.69) is 10.00 Å². The Balaban J connectivity index is 2.10. The fraction of sp³-hybridized carbons (Fsp3) is 0.462. The molecular weight excluding hydrogens is 217 g/mol. The molecule has 3 rings (SSSR count). The van der Waals surface area contributed by atoms with Crippen LogP contribution in [0, 0.1) is 5.82 Å².